The first-order valence-electron chi connectivity index (χ1n) is 11.0. The van der Waals surface area contributed by atoms with Crippen LogP contribution in [0.25, 0.3) is 0 Å². The third kappa shape index (κ3) is 5.20. The molecule has 0 aliphatic carbocycles. The van der Waals surface area contributed by atoms with Crippen molar-refractivity contribution in [1.82, 2.24) is 15.2 Å². The fourth-order valence-electron chi connectivity index (χ4n) is 3.98. The molecule has 1 saturated heterocycles. The van der Waals surface area contributed by atoms with Crippen LogP contribution in [0, 0.1) is 0 Å². The molecule has 1 fully saturated rings. The molecule has 2 aromatic carbocycles. The van der Waals surface area contributed by atoms with E-state index in [4.69, 9.17) is 9.47 Å². The highest BCUT2D eigenvalue weighted by molar-refractivity contribution is 7.13. The van der Waals surface area contributed by atoms with Gasteiger partial charge >= 0.3 is 0 Å². The first kappa shape index (κ1) is 21.5. The van der Waals surface area contributed by atoms with Gasteiger partial charge in [-0.2, -0.15) is 0 Å². The molecule has 172 valence electrons. The van der Waals surface area contributed by atoms with Gasteiger partial charge in [-0.05, 0) is 41.8 Å². The lowest BCUT2D eigenvalue weighted by Crippen LogP contribution is -2.46. The van der Waals surface area contributed by atoms with E-state index in [2.05, 4.69) is 32.2 Å². The second-order valence-corrected chi connectivity index (χ2v) is 8.98. The Bertz CT molecular complexity index is 1110. The number of benzene rings is 2. The van der Waals surface area contributed by atoms with Crippen molar-refractivity contribution in [2.24, 2.45) is 0 Å². The lowest BCUT2D eigenvalue weighted by atomic mass is 10.1. The van der Waals surface area contributed by atoms with E-state index >= 15 is 0 Å². The maximum atomic E-state index is 12.5. The number of rotatable bonds is 7. The quantitative estimate of drug-likeness (QED) is 0.554. The van der Waals surface area contributed by atoms with Gasteiger partial charge in [-0.1, -0.05) is 18.2 Å². The Morgan fingerprint density at radius 2 is 1.79 bits per heavy atom. The average Bonchev–Trinajstić information content (AvgIpc) is 3.50. The summed E-state index contributed by atoms with van der Waals surface area (Å²) >= 11 is 1.51. The molecular weight excluding hydrogens is 440 g/mol. The predicted octanol–water partition coefficient (Wildman–Crippen LogP) is 2.87. The van der Waals surface area contributed by atoms with Crippen LogP contribution in [-0.2, 0) is 13.0 Å². The van der Waals surface area contributed by atoms with Crippen molar-refractivity contribution in [3.8, 4) is 17.2 Å². The van der Waals surface area contributed by atoms with Crippen LogP contribution in [0.2, 0.25) is 0 Å². The van der Waals surface area contributed by atoms with Crippen LogP contribution < -0.4 is 19.7 Å². The van der Waals surface area contributed by atoms with Crippen LogP contribution in [0.1, 0.15) is 21.6 Å². The van der Waals surface area contributed by atoms with Crippen LogP contribution in [0.3, 0.4) is 0 Å². The molecule has 0 saturated carbocycles. The summed E-state index contributed by atoms with van der Waals surface area (Å²) in [6, 6.07) is 13.1. The molecule has 2 aliphatic rings. The second-order valence-electron chi connectivity index (χ2n) is 8.14. The van der Waals surface area contributed by atoms with Crippen molar-refractivity contribution < 1.29 is 19.4 Å². The van der Waals surface area contributed by atoms with E-state index in [1.807, 2.05) is 23.6 Å². The minimum absolute atomic E-state index is 0.155. The zero-order valence-corrected chi connectivity index (χ0v) is 19.0. The van der Waals surface area contributed by atoms with Gasteiger partial charge in [0, 0.05) is 44.6 Å². The lowest BCUT2D eigenvalue weighted by molar-refractivity contribution is 0.0950. The Labute approximate surface area is 196 Å². The van der Waals surface area contributed by atoms with Crippen molar-refractivity contribution in [3.05, 3.63) is 64.7 Å². The SMILES string of the molecule is O=C(NCCc1ccc(O)cc1)c1csc(N2CCN(Cc3ccc4c(c3)OCO4)CC2)n1. The number of nitrogens with zero attached hydrogens (tertiary/aromatic N) is 3. The Kier molecular flexibility index (Phi) is 6.32. The van der Waals surface area contributed by atoms with Gasteiger partial charge in [-0.15, -0.1) is 11.3 Å². The summed E-state index contributed by atoms with van der Waals surface area (Å²) in [4.78, 5) is 21.7. The number of nitrogens with one attached hydrogen (secondary N) is 1. The van der Waals surface area contributed by atoms with Crippen LogP contribution in [0.5, 0.6) is 17.2 Å². The van der Waals surface area contributed by atoms with Crippen molar-refractivity contribution in [2.45, 2.75) is 13.0 Å². The summed E-state index contributed by atoms with van der Waals surface area (Å²) in [7, 11) is 0. The Hall–Kier alpha value is -3.30. The molecule has 33 heavy (non-hydrogen) atoms. The number of aromatic nitrogens is 1. The van der Waals surface area contributed by atoms with E-state index in [1.54, 1.807) is 12.1 Å². The zero-order valence-electron chi connectivity index (χ0n) is 18.2. The van der Waals surface area contributed by atoms with E-state index < -0.39 is 0 Å². The van der Waals surface area contributed by atoms with E-state index in [0.29, 0.717) is 25.5 Å². The summed E-state index contributed by atoms with van der Waals surface area (Å²) < 4.78 is 10.9. The third-order valence-electron chi connectivity index (χ3n) is 5.85. The predicted molar refractivity (Wildman–Crippen MR) is 126 cm³/mol. The van der Waals surface area contributed by atoms with Crippen LogP contribution in [-0.4, -0.2) is 60.4 Å². The van der Waals surface area contributed by atoms with Gasteiger partial charge in [0.1, 0.15) is 11.4 Å². The number of carbonyl (C=O) groups excluding carboxylic acids is 1. The first-order chi connectivity index (χ1) is 16.1. The molecular formula is C24H26N4O4S. The van der Waals surface area contributed by atoms with Gasteiger partial charge in [0.05, 0.1) is 0 Å². The maximum Gasteiger partial charge on any atom is 0.270 e. The van der Waals surface area contributed by atoms with Crippen molar-refractivity contribution in [3.63, 3.8) is 0 Å². The van der Waals surface area contributed by atoms with Crippen molar-refractivity contribution in [1.29, 1.82) is 0 Å². The molecule has 1 aromatic heterocycles. The second kappa shape index (κ2) is 9.68. The number of thiazole rings is 1. The molecule has 0 unspecified atom stereocenters. The Morgan fingerprint density at radius 3 is 2.61 bits per heavy atom. The van der Waals surface area contributed by atoms with Gasteiger partial charge in [0.25, 0.3) is 5.91 Å². The van der Waals surface area contributed by atoms with E-state index in [1.165, 1.54) is 16.9 Å². The number of phenolic OH excluding ortho intramolecular Hbond substituents is 1. The normalized spacial score (nSPS) is 15.6. The van der Waals surface area contributed by atoms with Crippen LogP contribution in [0.15, 0.2) is 47.8 Å². The number of piperazine rings is 1. The molecule has 5 rings (SSSR count). The number of phenols is 1. The fourth-order valence-corrected chi connectivity index (χ4v) is 4.84. The topological polar surface area (TPSA) is 87.2 Å². The first-order valence-corrected chi connectivity index (χ1v) is 11.9. The molecule has 3 aromatic rings. The van der Waals surface area contributed by atoms with Crippen molar-refractivity contribution >= 4 is 22.4 Å². The summed E-state index contributed by atoms with van der Waals surface area (Å²) in [5.74, 6) is 1.72. The van der Waals surface area contributed by atoms with Gasteiger partial charge < -0.3 is 24.8 Å². The molecule has 2 aliphatic heterocycles. The number of aromatic hydroxyl groups is 1. The number of hydrogen-bond acceptors (Lipinski definition) is 8. The molecule has 0 atom stereocenters. The minimum atomic E-state index is -0.155. The van der Waals surface area contributed by atoms with E-state index in [0.717, 1.165) is 54.9 Å². The standard InChI is InChI=1S/C24H26N4O4S/c29-19-4-1-17(2-5-19)7-8-25-23(30)20-15-33-24(26-20)28-11-9-27(10-12-28)14-18-3-6-21-22(13-18)32-16-31-21/h1-6,13,15,29H,7-12,14,16H2,(H,25,30). The lowest BCUT2D eigenvalue weighted by Gasteiger charge is -2.34. The van der Waals surface area contributed by atoms with E-state index in [-0.39, 0.29) is 11.7 Å². The third-order valence-corrected chi connectivity index (χ3v) is 6.75. The molecule has 9 heteroatoms. The fraction of sp³-hybridized carbons (Fsp3) is 0.333. The minimum Gasteiger partial charge on any atom is -0.508 e. The number of hydrogen-bond donors (Lipinski definition) is 2. The van der Waals surface area contributed by atoms with Gasteiger partial charge in [-0.25, -0.2) is 4.98 Å². The monoisotopic (exact) mass is 466 g/mol. The summed E-state index contributed by atoms with van der Waals surface area (Å²) in [5, 5.41) is 15.0. The zero-order chi connectivity index (χ0) is 22.6. The average molecular weight is 467 g/mol. The molecule has 1 amide bonds. The number of fused-ring (bicyclic) bond motifs is 1. The molecule has 0 bridgehead atoms. The molecule has 3 heterocycles. The number of amides is 1. The van der Waals surface area contributed by atoms with Gasteiger partial charge in [0.15, 0.2) is 16.6 Å². The highest BCUT2D eigenvalue weighted by Crippen LogP contribution is 2.33. The van der Waals surface area contributed by atoms with Crippen LogP contribution >= 0.6 is 11.3 Å². The van der Waals surface area contributed by atoms with E-state index in [9.17, 15) is 9.90 Å². The number of carbonyl (C=O) groups is 1. The number of ether oxygens (including phenoxy) is 2. The van der Waals surface area contributed by atoms with Gasteiger partial charge in [-0.3, -0.25) is 9.69 Å². The molecule has 0 spiro atoms. The number of anilines is 1. The Balaban J connectivity index is 1.08. The molecule has 8 nitrogen and oxygen atoms in total. The maximum absolute atomic E-state index is 12.5. The summed E-state index contributed by atoms with van der Waals surface area (Å²) in [6.45, 7) is 5.31. The summed E-state index contributed by atoms with van der Waals surface area (Å²) in [6.07, 6.45) is 0.703. The molecule has 2 N–H and O–H groups in total. The molecule has 0 radical (unpaired) electrons. The van der Waals surface area contributed by atoms with Crippen LogP contribution in [0.4, 0.5) is 5.13 Å². The van der Waals surface area contributed by atoms with Gasteiger partial charge in [0.2, 0.25) is 6.79 Å². The largest absolute Gasteiger partial charge is 0.508 e. The highest BCUT2D eigenvalue weighted by atomic mass is 32.1. The Morgan fingerprint density at radius 1 is 1.03 bits per heavy atom. The highest BCUT2D eigenvalue weighted by Gasteiger charge is 2.22. The summed E-state index contributed by atoms with van der Waals surface area (Å²) in [5.41, 5.74) is 2.74. The van der Waals surface area contributed by atoms with Crippen molar-refractivity contribution in [2.75, 3.05) is 44.4 Å². The smallest absolute Gasteiger partial charge is 0.270 e.